The lowest BCUT2D eigenvalue weighted by atomic mass is 10.1. The number of nitrogens with zero attached hydrogens (tertiary/aromatic N) is 1. The van der Waals surface area contributed by atoms with E-state index in [1.165, 1.54) is 16.8 Å². The zero-order chi connectivity index (χ0) is 14.0. The van der Waals surface area contributed by atoms with Gasteiger partial charge in [0.2, 0.25) is 0 Å². The van der Waals surface area contributed by atoms with Gasteiger partial charge in [-0.2, -0.15) is 0 Å². The zero-order valence-corrected chi connectivity index (χ0v) is 12.0. The van der Waals surface area contributed by atoms with Crippen LogP contribution in [0.3, 0.4) is 0 Å². The minimum Gasteiger partial charge on any atom is -0.394 e. The van der Waals surface area contributed by atoms with Gasteiger partial charge >= 0.3 is 5.69 Å². The third-order valence-electron chi connectivity index (χ3n) is 3.02. The van der Waals surface area contributed by atoms with E-state index >= 15 is 0 Å². The molecule has 2 heterocycles. The second kappa shape index (κ2) is 5.57. The Morgan fingerprint density at radius 1 is 1.63 bits per heavy atom. The van der Waals surface area contributed by atoms with E-state index in [2.05, 4.69) is 4.98 Å². The number of aliphatic hydroxyl groups is 2. The molecule has 1 aliphatic heterocycles. The molecule has 0 radical (unpaired) electrons. The van der Waals surface area contributed by atoms with Crippen molar-refractivity contribution in [2.45, 2.75) is 24.4 Å². The smallest absolute Gasteiger partial charge is 0.330 e. The number of hydrogen-bond acceptors (Lipinski definition) is 5. The van der Waals surface area contributed by atoms with Crippen LogP contribution >= 0.6 is 22.6 Å². The van der Waals surface area contributed by atoms with Crippen molar-refractivity contribution in [1.82, 2.24) is 9.55 Å². The first-order chi connectivity index (χ1) is 9.02. The molecular weight excluding hydrogens is 371 g/mol. The number of halogens is 1. The summed E-state index contributed by atoms with van der Waals surface area (Å²) in [5.41, 5.74) is -2.34. The van der Waals surface area contributed by atoms with Crippen molar-refractivity contribution in [3.05, 3.63) is 43.3 Å². The molecule has 1 saturated heterocycles. The molecule has 1 fully saturated rings. The Bertz CT molecular complexity index is 595. The summed E-state index contributed by atoms with van der Waals surface area (Å²) in [4.78, 5) is 25.1. The standard InChI is InChI=1S/C11H13IN2O5/c12-3-2-11(5-7(16)8(6-15)19-11)14-4-1-9(17)13-10(14)18/h1-4,7-8,15-16H,5-6H2,(H,13,17,18)/b3-2+/t7-,8+,11+/m0/s1/i12+4. The van der Waals surface area contributed by atoms with Crippen molar-refractivity contribution < 1.29 is 14.9 Å². The zero-order valence-electron chi connectivity index (χ0n) is 9.82. The fourth-order valence-corrected chi connectivity index (χ4v) is 2.70. The maximum absolute atomic E-state index is 11.9. The van der Waals surface area contributed by atoms with Gasteiger partial charge in [0.1, 0.15) is 6.10 Å². The molecule has 0 aromatic carbocycles. The molecule has 0 amide bonds. The number of rotatable bonds is 3. The van der Waals surface area contributed by atoms with Gasteiger partial charge in [0.15, 0.2) is 5.72 Å². The van der Waals surface area contributed by atoms with Crippen molar-refractivity contribution in [3.63, 3.8) is 0 Å². The van der Waals surface area contributed by atoms with Gasteiger partial charge in [0.05, 0.1) is 12.7 Å². The van der Waals surface area contributed by atoms with Gasteiger partial charge in [0.25, 0.3) is 5.56 Å². The van der Waals surface area contributed by atoms with Gasteiger partial charge in [-0.05, 0) is 10.2 Å². The first kappa shape index (κ1) is 14.4. The van der Waals surface area contributed by atoms with Crippen LogP contribution in [0, 0.1) is 0 Å². The van der Waals surface area contributed by atoms with Gasteiger partial charge in [-0.25, -0.2) is 4.79 Å². The van der Waals surface area contributed by atoms with E-state index in [0.29, 0.717) is 0 Å². The molecular formula is C11H13IN2O5. The van der Waals surface area contributed by atoms with Gasteiger partial charge in [-0.15, -0.1) is 0 Å². The number of hydrogen-bond donors (Lipinski definition) is 3. The second-order valence-corrected chi connectivity index (χ2v) is 4.95. The van der Waals surface area contributed by atoms with Crippen LogP contribution in [0.1, 0.15) is 6.42 Å². The van der Waals surface area contributed by atoms with E-state index in [9.17, 15) is 14.7 Å². The van der Waals surface area contributed by atoms with Gasteiger partial charge < -0.3 is 14.9 Å². The van der Waals surface area contributed by atoms with Crippen molar-refractivity contribution in [2.75, 3.05) is 6.61 Å². The number of aromatic amines is 1. The summed E-state index contributed by atoms with van der Waals surface area (Å²) < 4.78 is 8.46. The highest BCUT2D eigenvalue weighted by molar-refractivity contribution is 14.1. The van der Waals surface area contributed by atoms with Crippen LogP contribution in [-0.4, -0.2) is 38.6 Å². The van der Waals surface area contributed by atoms with E-state index in [1.807, 2.05) is 22.6 Å². The minimum absolute atomic E-state index is 0.115. The summed E-state index contributed by atoms with van der Waals surface area (Å²) in [5.74, 6) is 0. The van der Waals surface area contributed by atoms with Crippen LogP contribution in [-0.2, 0) is 10.5 Å². The monoisotopic (exact) mass is 384 g/mol. The van der Waals surface area contributed by atoms with E-state index in [4.69, 9.17) is 9.84 Å². The molecule has 3 N–H and O–H groups in total. The number of H-pyrrole nitrogens is 1. The Labute approximate surface area is 121 Å². The van der Waals surface area contributed by atoms with E-state index in [-0.39, 0.29) is 13.0 Å². The van der Waals surface area contributed by atoms with Gasteiger partial charge in [-0.1, -0.05) is 22.6 Å². The number of ether oxygens (including phenoxy) is 1. The molecule has 3 atom stereocenters. The predicted molar refractivity (Wildman–Crippen MR) is 75.0 cm³/mol. The molecule has 0 saturated carbocycles. The summed E-state index contributed by atoms with van der Waals surface area (Å²) >= 11 is 1.97. The number of nitrogens with one attached hydrogen (secondary N) is 1. The van der Waals surface area contributed by atoms with Crippen LogP contribution in [0.5, 0.6) is 0 Å². The van der Waals surface area contributed by atoms with E-state index in [0.717, 1.165) is 0 Å². The third-order valence-corrected chi connectivity index (χ3v) is 3.38. The summed E-state index contributed by atoms with van der Waals surface area (Å²) in [7, 11) is 0. The fraction of sp³-hybridized carbons (Fsp3) is 0.455. The molecule has 7 nitrogen and oxygen atoms in total. The molecule has 0 spiro atoms. The molecule has 0 bridgehead atoms. The second-order valence-electron chi connectivity index (χ2n) is 4.23. The Morgan fingerprint density at radius 2 is 2.37 bits per heavy atom. The average molecular weight is 384 g/mol. The van der Waals surface area contributed by atoms with Crippen molar-refractivity contribution in [2.24, 2.45) is 0 Å². The molecule has 104 valence electrons. The van der Waals surface area contributed by atoms with Crippen LogP contribution in [0.4, 0.5) is 0 Å². The molecule has 19 heavy (non-hydrogen) atoms. The summed E-state index contributed by atoms with van der Waals surface area (Å²) in [6, 6.07) is 1.20. The average Bonchev–Trinajstić information content (AvgIpc) is 2.66. The predicted octanol–water partition coefficient (Wildman–Crippen LogP) is -0.720. The lowest BCUT2D eigenvalue weighted by Gasteiger charge is -2.27. The SMILES string of the molecule is O=c1ccn([C@@]2(/C=C/[131I])C[C@H](O)[C@@H](CO)O2)c(=O)[nH]1. The Morgan fingerprint density at radius 3 is 2.89 bits per heavy atom. The van der Waals surface area contributed by atoms with Crippen LogP contribution in [0.25, 0.3) is 0 Å². The Balaban J connectivity index is 2.52. The summed E-state index contributed by atoms with van der Waals surface area (Å²) in [6.45, 7) is -0.351. The largest absolute Gasteiger partial charge is 0.394 e. The van der Waals surface area contributed by atoms with Crippen molar-refractivity contribution in [3.8, 4) is 0 Å². The molecule has 0 unspecified atom stereocenters. The van der Waals surface area contributed by atoms with Crippen LogP contribution in [0.2, 0.25) is 0 Å². The fourth-order valence-electron chi connectivity index (χ4n) is 2.14. The lowest BCUT2D eigenvalue weighted by molar-refractivity contribution is -0.0892. The quantitative estimate of drug-likeness (QED) is 0.597. The lowest BCUT2D eigenvalue weighted by Crippen LogP contribution is -2.42. The van der Waals surface area contributed by atoms with Crippen molar-refractivity contribution >= 4 is 22.6 Å². The number of aliphatic hydroxyl groups excluding tert-OH is 2. The summed E-state index contributed by atoms with van der Waals surface area (Å²) in [6.07, 6.45) is 1.36. The normalized spacial score (nSPS) is 31.1. The molecule has 1 aromatic heterocycles. The Kier molecular flexibility index (Phi) is 4.23. The molecule has 2 rings (SSSR count). The van der Waals surface area contributed by atoms with E-state index < -0.39 is 29.2 Å². The third kappa shape index (κ3) is 2.66. The van der Waals surface area contributed by atoms with Crippen LogP contribution in [0.15, 0.2) is 32.0 Å². The van der Waals surface area contributed by atoms with Gasteiger partial charge in [-0.3, -0.25) is 14.3 Å². The Hall–Kier alpha value is -0.970. The molecule has 1 aliphatic rings. The maximum atomic E-state index is 11.9. The van der Waals surface area contributed by atoms with Crippen LogP contribution < -0.4 is 11.2 Å². The highest BCUT2D eigenvalue weighted by Gasteiger charge is 2.46. The minimum atomic E-state index is -1.20. The van der Waals surface area contributed by atoms with Gasteiger partial charge in [0, 0.05) is 18.7 Å². The highest BCUT2D eigenvalue weighted by atomic mass is 131. The molecule has 0 aliphatic carbocycles. The topological polar surface area (TPSA) is 105 Å². The molecule has 1 aromatic rings. The maximum Gasteiger partial charge on any atom is 0.330 e. The molecule has 8 heteroatoms. The van der Waals surface area contributed by atoms with E-state index in [1.54, 1.807) is 10.2 Å². The first-order valence-corrected chi connectivity index (χ1v) is 6.84. The summed E-state index contributed by atoms with van der Waals surface area (Å²) in [5, 5.41) is 19.0. The van der Waals surface area contributed by atoms with Crippen molar-refractivity contribution in [1.29, 1.82) is 0 Å². The highest BCUT2D eigenvalue weighted by Crippen LogP contribution is 2.35. The first-order valence-electron chi connectivity index (χ1n) is 5.59. The number of aromatic nitrogens is 2.